The van der Waals surface area contributed by atoms with E-state index in [9.17, 15) is 4.79 Å². The molecule has 1 heterocycles. The molecule has 0 saturated heterocycles. The second-order valence-corrected chi connectivity index (χ2v) is 11.5. The van der Waals surface area contributed by atoms with Crippen LogP contribution in [0.4, 0.5) is 5.69 Å². The van der Waals surface area contributed by atoms with E-state index < -0.39 is 0 Å². The standard InChI is InChI=1S/C33H47N2O2S/c1-4-5-6-7-8-9-10-11-12-13-23-37-33-19-17-30(18-20-33)21-22-35(29(3)36)32-16-14-15-31(24-32)26-34-25-28(2)38-27-34/h14-20,24-25,27H,4-13,21-23,26H2,1-3H3/q+1. The Kier molecular flexibility index (Phi) is 13.4. The lowest BCUT2D eigenvalue weighted by molar-refractivity contribution is -0.683. The van der Waals surface area contributed by atoms with E-state index in [1.165, 1.54) is 73.8 Å². The Balaban J connectivity index is 1.37. The average Bonchev–Trinajstić information content (AvgIpc) is 3.32. The van der Waals surface area contributed by atoms with Gasteiger partial charge in [0.05, 0.1) is 11.5 Å². The van der Waals surface area contributed by atoms with Gasteiger partial charge >= 0.3 is 0 Å². The second-order valence-electron chi connectivity index (χ2n) is 10.4. The Bertz CT molecular complexity index is 1080. The fourth-order valence-electron chi connectivity index (χ4n) is 4.80. The van der Waals surface area contributed by atoms with Gasteiger partial charge in [-0.2, -0.15) is 4.57 Å². The molecule has 2 aromatic carbocycles. The summed E-state index contributed by atoms with van der Waals surface area (Å²) in [7, 11) is 0. The van der Waals surface area contributed by atoms with Crippen LogP contribution in [0.5, 0.6) is 5.75 Å². The quantitative estimate of drug-likeness (QED) is 0.121. The molecular weight excluding hydrogens is 488 g/mol. The molecule has 3 aromatic rings. The molecule has 0 aliphatic heterocycles. The number of hydrogen-bond donors (Lipinski definition) is 0. The number of carbonyl (C=O) groups excluding carboxylic acids is 1. The Hall–Kier alpha value is -2.66. The van der Waals surface area contributed by atoms with E-state index in [2.05, 4.69) is 66.5 Å². The van der Waals surface area contributed by atoms with E-state index in [0.29, 0.717) is 6.54 Å². The summed E-state index contributed by atoms with van der Waals surface area (Å²) in [5, 5.41) is 0. The number of hydrogen-bond acceptors (Lipinski definition) is 3. The Morgan fingerprint density at radius 1 is 0.895 bits per heavy atom. The molecule has 3 rings (SSSR count). The minimum absolute atomic E-state index is 0.0672. The second kappa shape index (κ2) is 17.0. The molecule has 0 unspecified atom stereocenters. The zero-order valence-corrected chi connectivity index (χ0v) is 24.6. The predicted octanol–water partition coefficient (Wildman–Crippen LogP) is 8.29. The molecule has 0 aliphatic rings. The van der Waals surface area contributed by atoms with Gasteiger partial charge < -0.3 is 9.64 Å². The van der Waals surface area contributed by atoms with E-state index in [1.54, 1.807) is 18.3 Å². The molecule has 0 aliphatic carbocycles. The summed E-state index contributed by atoms with van der Waals surface area (Å²) in [6.45, 7) is 8.29. The van der Waals surface area contributed by atoms with E-state index in [0.717, 1.165) is 37.4 Å². The molecule has 5 heteroatoms. The highest BCUT2D eigenvalue weighted by Crippen LogP contribution is 2.19. The van der Waals surface area contributed by atoms with Gasteiger partial charge in [-0.25, -0.2) is 0 Å². The first-order valence-corrected chi connectivity index (χ1v) is 15.5. The highest BCUT2D eigenvalue weighted by molar-refractivity contribution is 7.09. The van der Waals surface area contributed by atoms with Crippen molar-refractivity contribution in [1.29, 1.82) is 0 Å². The maximum Gasteiger partial charge on any atom is 0.225 e. The van der Waals surface area contributed by atoms with Crippen molar-refractivity contribution >= 4 is 22.9 Å². The first-order valence-electron chi connectivity index (χ1n) is 14.6. The van der Waals surface area contributed by atoms with Crippen molar-refractivity contribution < 1.29 is 14.1 Å². The lowest BCUT2D eigenvalue weighted by atomic mass is 10.1. The lowest BCUT2D eigenvalue weighted by Crippen LogP contribution is -2.32. The molecule has 0 N–H and O–H groups in total. The Morgan fingerprint density at radius 2 is 1.58 bits per heavy atom. The number of aromatic nitrogens is 1. The number of thiazole rings is 1. The van der Waals surface area contributed by atoms with E-state index >= 15 is 0 Å². The maximum atomic E-state index is 12.5. The predicted molar refractivity (Wildman–Crippen MR) is 160 cm³/mol. The van der Waals surface area contributed by atoms with Gasteiger partial charge in [0.15, 0.2) is 12.7 Å². The zero-order valence-electron chi connectivity index (χ0n) is 23.8. The van der Waals surface area contributed by atoms with Crippen LogP contribution in [0.2, 0.25) is 0 Å². The van der Waals surface area contributed by atoms with E-state index in [1.807, 2.05) is 17.0 Å². The lowest BCUT2D eigenvalue weighted by Gasteiger charge is -2.22. The summed E-state index contributed by atoms with van der Waals surface area (Å²) in [6, 6.07) is 16.7. The molecule has 206 valence electrons. The SMILES string of the molecule is CCCCCCCCCCCCOc1ccc(CCN(C(C)=O)c2cccc(C[n+]3csc(C)c3)c2)cc1. The first kappa shape index (κ1) is 29.9. The van der Waals surface area contributed by atoms with Gasteiger partial charge in [-0.3, -0.25) is 4.79 Å². The molecule has 4 nitrogen and oxygen atoms in total. The van der Waals surface area contributed by atoms with Crippen molar-refractivity contribution in [2.75, 3.05) is 18.1 Å². The van der Waals surface area contributed by atoms with Crippen LogP contribution >= 0.6 is 11.3 Å². The monoisotopic (exact) mass is 535 g/mol. The van der Waals surface area contributed by atoms with Gasteiger partial charge in [0, 0.05) is 24.7 Å². The van der Waals surface area contributed by atoms with Crippen LogP contribution in [-0.2, 0) is 17.8 Å². The van der Waals surface area contributed by atoms with Crippen LogP contribution in [0.15, 0.2) is 60.2 Å². The molecule has 0 bridgehead atoms. The van der Waals surface area contributed by atoms with Crippen LogP contribution in [0.1, 0.15) is 94.1 Å². The number of rotatable bonds is 18. The van der Waals surface area contributed by atoms with Gasteiger partial charge in [0.25, 0.3) is 0 Å². The van der Waals surface area contributed by atoms with Crippen LogP contribution < -0.4 is 14.2 Å². The fraction of sp³-hybridized carbons (Fsp3) is 0.515. The average molecular weight is 536 g/mol. The number of aryl methyl sites for hydroxylation is 1. The normalized spacial score (nSPS) is 11.0. The Labute approximate surface area is 234 Å². The van der Waals surface area contributed by atoms with Gasteiger partial charge in [-0.1, -0.05) is 100 Å². The number of ether oxygens (including phenoxy) is 1. The third-order valence-electron chi connectivity index (χ3n) is 7.00. The summed E-state index contributed by atoms with van der Waals surface area (Å²) in [4.78, 5) is 15.6. The first-order chi connectivity index (χ1) is 18.5. The van der Waals surface area contributed by atoms with Gasteiger partial charge in [-0.15, -0.1) is 0 Å². The summed E-state index contributed by atoms with van der Waals surface area (Å²) in [5.74, 6) is 1.000. The maximum absolute atomic E-state index is 12.5. The number of anilines is 1. The summed E-state index contributed by atoms with van der Waals surface area (Å²) >= 11 is 1.75. The molecule has 38 heavy (non-hydrogen) atoms. The van der Waals surface area contributed by atoms with Crippen molar-refractivity contribution in [3.63, 3.8) is 0 Å². The molecular formula is C33H47N2O2S+. The van der Waals surface area contributed by atoms with E-state index in [-0.39, 0.29) is 5.91 Å². The minimum Gasteiger partial charge on any atom is -0.494 e. The molecule has 0 spiro atoms. The summed E-state index contributed by atoms with van der Waals surface area (Å²) < 4.78 is 8.16. The highest BCUT2D eigenvalue weighted by atomic mass is 32.1. The number of benzene rings is 2. The van der Waals surface area contributed by atoms with E-state index in [4.69, 9.17) is 4.74 Å². The molecule has 0 saturated carbocycles. The highest BCUT2D eigenvalue weighted by Gasteiger charge is 2.14. The smallest absolute Gasteiger partial charge is 0.225 e. The number of nitrogens with zero attached hydrogens (tertiary/aromatic N) is 2. The molecule has 0 fully saturated rings. The number of unbranched alkanes of at least 4 members (excludes halogenated alkanes) is 9. The Morgan fingerprint density at radius 3 is 2.21 bits per heavy atom. The van der Waals surface area contributed by atoms with Crippen molar-refractivity contribution in [2.24, 2.45) is 0 Å². The number of amides is 1. The van der Waals surface area contributed by atoms with Gasteiger partial charge in [-0.05, 0) is 49.6 Å². The minimum atomic E-state index is 0.0672. The van der Waals surface area contributed by atoms with Crippen LogP contribution in [0.3, 0.4) is 0 Å². The van der Waals surface area contributed by atoms with Crippen molar-refractivity contribution in [3.8, 4) is 5.75 Å². The van der Waals surface area contributed by atoms with Gasteiger partial charge in [0.2, 0.25) is 11.4 Å². The zero-order chi connectivity index (χ0) is 27.0. The van der Waals surface area contributed by atoms with Gasteiger partial charge in [0.1, 0.15) is 5.75 Å². The largest absolute Gasteiger partial charge is 0.494 e. The van der Waals surface area contributed by atoms with Crippen LogP contribution in [0.25, 0.3) is 0 Å². The third kappa shape index (κ3) is 11.0. The van der Waals surface area contributed by atoms with Crippen molar-refractivity contribution in [3.05, 3.63) is 76.2 Å². The molecule has 1 amide bonds. The summed E-state index contributed by atoms with van der Waals surface area (Å²) in [5.41, 5.74) is 5.50. The topological polar surface area (TPSA) is 33.4 Å². The fourth-order valence-corrected chi connectivity index (χ4v) is 5.44. The molecule has 0 atom stereocenters. The third-order valence-corrected chi connectivity index (χ3v) is 7.86. The molecule has 0 radical (unpaired) electrons. The van der Waals surface area contributed by atoms with Crippen molar-refractivity contribution in [1.82, 2.24) is 0 Å². The van der Waals surface area contributed by atoms with Crippen LogP contribution in [-0.4, -0.2) is 19.1 Å². The van der Waals surface area contributed by atoms with Crippen molar-refractivity contribution in [2.45, 2.75) is 97.9 Å². The molecule has 1 aromatic heterocycles. The number of carbonyl (C=O) groups is 1. The van der Waals surface area contributed by atoms with Crippen LogP contribution in [0, 0.1) is 6.92 Å². The summed E-state index contributed by atoms with van der Waals surface area (Å²) in [6.07, 6.45) is 16.3.